The van der Waals surface area contributed by atoms with E-state index in [1.807, 2.05) is 37.3 Å². The molecule has 0 saturated heterocycles. The number of nitrogens with zero attached hydrogens (tertiary/aromatic N) is 1. The van der Waals surface area contributed by atoms with Crippen molar-refractivity contribution in [2.24, 2.45) is 0 Å². The van der Waals surface area contributed by atoms with Gasteiger partial charge in [0, 0.05) is 22.0 Å². The van der Waals surface area contributed by atoms with Gasteiger partial charge in [0.25, 0.3) is 5.91 Å². The maximum atomic E-state index is 13.3. The topological polar surface area (TPSA) is 91.2 Å². The molecule has 3 rings (SSSR count). The van der Waals surface area contributed by atoms with E-state index in [9.17, 15) is 14.9 Å². The van der Waals surface area contributed by atoms with E-state index in [4.69, 9.17) is 16.3 Å². The predicted octanol–water partition coefficient (Wildman–Crippen LogP) is 5.36. The Balaban J connectivity index is 1.94. The molecule has 0 saturated carbocycles. The van der Waals surface area contributed by atoms with Crippen molar-refractivity contribution in [3.05, 3.63) is 87.1 Å². The number of anilines is 1. The SMILES string of the molecule is CCCOC(=O)CSC1=C(C#N)[C@@H](c2ccccc2)C(C(=O)Nc2ccc(Cl)cc2)=C(C)N1. The van der Waals surface area contributed by atoms with Crippen LogP contribution < -0.4 is 10.6 Å². The number of carbonyl (C=O) groups is 2. The van der Waals surface area contributed by atoms with Gasteiger partial charge >= 0.3 is 5.97 Å². The molecule has 0 aromatic heterocycles. The van der Waals surface area contributed by atoms with Crippen molar-refractivity contribution in [2.45, 2.75) is 26.2 Å². The van der Waals surface area contributed by atoms with Crippen molar-refractivity contribution in [2.75, 3.05) is 17.7 Å². The fraction of sp³-hybridized carbons (Fsp3) is 0.240. The van der Waals surface area contributed by atoms with Gasteiger partial charge in [-0.3, -0.25) is 9.59 Å². The number of hydrogen-bond acceptors (Lipinski definition) is 6. The fourth-order valence-corrected chi connectivity index (χ4v) is 4.44. The number of hydrogen-bond donors (Lipinski definition) is 2. The molecule has 0 spiro atoms. The van der Waals surface area contributed by atoms with Gasteiger partial charge in [0.05, 0.1) is 34.9 Å². The van der Waals surface area contributed by atoms with E-state index < -0.39 is 5.92 Å². The lowest BCUT2D eigenvalue weighted by atomic mass is 9.82. The number of rotatable bonds is 8. The van der Waals surface area contributed by atoms with Crippen LogP contribution in [-0.4, -0.2) is 24.2 Å². The summed E-state index contributed by atoms with van der Waals surface area (Å²) in [5.41, 5.74) is 2.83. The minimum absolute atomic E-state index is 0.0641. The summed E-state index contributed by atoms with van der Waals surface area (Å²) < 4.78 is 5.14. The van der Waals surface area contributed by atoms with E-state index in [1.54, 1.807) is 31.2 Å². The molecule has 1 aliphatic heterocycles. The Morgan fingerprint density at radius 2 is 1.88 bits per heavy atom. The number of nitrogens with one attached hydrogen (secondary N) is 2. The summed E-state index contributed by atoms with van der Waals surface area (Å²) in [5.74, 6) is -1.19. The first-order valence-corrected chi connectivity index (χ1v) is 11.8. The number of halogens is 1. The van der Waals surface area contributed by atoms with Gasteiger partial charge in [-0.15, -0.1) is 0 Å². The highest BCUT2D eigenvalue weighted by Gasteiger charge is 2.34. The largest absolute Gasteiger partial charge is 0.465 e. The van der Waals surface area contributed by atoms with Gasteiger partial charge in [0.1, 0.15) is 0 Å². The third-order valence-corrected chi connectivity index (χ3v) is 6.17. The summed E-state index contributed by atoms with van der Waals surface area (Å²) >= 11 is 7.15. The zero-order valence-corrected chi connectivity index (χ0v) is 19.9. The minimum atomic E-state index is -0.584. The lowest BCUT2D eigenvalue weighted by Crippen LogP contribution is -2.31. The smallest absolute Gasteiger partial charge is 0.316 e. The molecular weight excluding hydrogens is 458 g/mol. The van der Waals surface area contributed by atoms with E-state index in [1.165, 1.54) is 11.8 Å². The molecule has 1 heterocycles. The number of thioether (sulfide) groups is 1. The number of ether oxygens (including phenoxy) is 1. The highest BCUT2D eigenvalue weighted by atomic mass is 35.5. The quantitative estimate of drug-likeness (QED) is 0.493. The third kappa shape index (κ3) is 6.19. The molecular formula is C25H24ClN3O3S. The van der Waals surface area contributed by atoms with E-state index in [0.717, 1.165) is 12.0 Å². The molecule has 1 amide bonds. The number of amides is 1. The van der Waals surface area contributed by atoms with Gasteiger partial charge in [0.2, 0.25) is 0 Å². The average Bonchev–Trinajstić information content (AvgIpc) is 2.82. The Hall–Kier alpha value is -3.21. The monoisotopic (exact) mass is 481 g/mol. The van der Waals surface area contributed by atoms with Crippen LogP contribution >= 0.6 is 23.4 Å². The summed E-state index contributed by atoms with van der Waals surface area (Å²) in [6.45, 7) is 4.07. The van der Waals surface area contributed by atoms with Gasteiger partial charge in [0.15, 0.2) is 0 Å². The summed E-state index contributed by atoms with van der Waals surface area (Å²) in [6.07, 6.45) is 0.741. The normalized spacial score (nSPS) is 15.5. The lowest BCUT2D eigenvalue weighted by Gasteiger charge is -2.29. The number of nitriles is 1. The van der Waals surface area contributed by atoms with E-state index in [-0.39, 0.29) is 17.6 Å². The Morgan fingerprint density at radius 3 is 2.52 bits per heavy atom. The summed E-state index contributed by atoms with van der Waals surface area (Å²) in [4.78, 5) is 25.4. The molecule has 1 aliphatic rings. The van der Waals surface area contributed by atoms with Crippen molar-refractivity contribution < 1.29 is 14.3 Å². The second-order valence-corrected chi connectivity index (χ2v) is 8.75. The van der Waals surface area contributed by atoms with Crippen LogP contribution in [0, 0.1) is 11.3 Å². The van der Waals surface area contributed by atoms with Crippen LogP contribution in [0.4, 0.5) is 5.69 Å². The predicted molar refractivity (Wildman–Crippen MR) is 131 cm³/mol. The van der Waals surface area contributed by atoms with Crippen LogP contribution in [0.15, 0.2) is 76.5 Å². The second kappa shape index (κ2) is 11.6. The first kappa shape index (κ1) is 24.4. The summed E-state index contributed by atoms with van der Waals surface area (Å²) in [7, 11) is 0. The van der Waals surface area contributed by atoms with Crippen LogP contribution in [0.3, 0.4) is 0 Å². The number of esters is 1. The van der Waals surface area contributed by atoms with Crippen LogP contribution in [0.25, 0.3) is 0 Å². The molecule has 1 atom stereocenters. The Kier molecular flexibility index (Phi) is 8.58. The molecule has 33 heavy (non-hydrogen) atoms. The Bertz CT molecular complexity index is 1120. The first-order chi connectivity index (χ1) is 15.9. The van der Waals surface area contributed by atoms with Gasteiger partial charge < -0.3 is 15.4 Å². The van der Waals surface area contributed by atoms with E-state index in [2.05, 4.69) is 16.7 Å². The van der Waals surface area contributed by atoms with Gasteiger partial charge in [-0.25, -0.2) is 0 Å². The molecule has 170 valence electrons. The van der Waals surface area contributed by atoms with E-state index >= 15 is 0 Å². The molecule has 0 fully saturated rings. The summed E-state index contributed by atoms with van der Waals surface area (Å²) in [5, 5.41) is 17.2. The highest BCUT2D eigenvalue weighted by Crippen LogP contribution is 2.40. The molecule has 0 radical (unpaired) electrons. The van der Waals surface area contributed by atoms with Crippen molar-refractivity contribution in [1.29, 1.82) is 5.26 Å². The highest BCUT2D eigenvalue weighted by molar-refractivity contribution is 8.03. The van der Waals surface area contributed by atoms with Gasteiger partial charge in [-0.05, 0) is 43.2 Å². The number of benzene rings is 2. The van der Waals surface area contributed by atoms with Crippen LogP contribution in [0.5, 0.6) is 0 Å². The second-order valence-electron chi connectivity index (χ2n) is 7.33. The molecule has 0 bridgehead atoms. The maximum Gasteiger partial charge on any atom is 0.316 e. The standard InChI is InChI=1S/C25H24ClN3O3S/c1-3-13-32-21(30)15-33-25-20(14-27)23(17-7-5-4-6-8-17)22(16(2)28-25)24(31)29-19-11-9-18(26)10-12-19/h4-12,23,28H,3,13,15H2,1-2H3,(H,29,31)/t23-/m1/s1. The number of dihydropyridines is 1. The first-order valence-electron chi connectivity index (χ1n) is 10.5. The molecule has 2 aromatic rings. The fourth-order valence-electron chi connectivity index (χ4n) is 3.43. The Morgan fingerprint density at radius 1 is 1.18 bits per heavy atom. The molecule has 0 unspecified atom stereocenters. The number of carbonyl (C=O) groups excluding carboxylic acids is 2. The number of allylic oxidation sites excluding steroid dienone is 2. The molecule has 0 aliphatic carbocycles. The molecule has 8 heteroatoms. The van der Waals surface area contributed by atoms with Crippen LogP contribution in [0.2, 0.25) is 5.02 Å². The average molecular weight is 482 g/mol. The zero-order valence-electron chi connectivity index (χ0n) is 18.4. The van der Waals surface area contributed by atoms with E-state index in [0.29, 0.717) is 39.2 Å². The summed E-state index contributed by atoms with van der Waals surface area (Å²) in [6, 6.07) is 18.5. The van der Waals surface area contributed by atoms with Crippen molar-refractivity contribution in [3.8, 4) is 6.07 Å². The van der Waals surface area contributed by atoms with Gasteiger partial charge in [-0.2, -0.15) is 5.26 Å². The van der Waals surface area contributed by atoms with Gasteiger partial charge in [-0.1, -0.05) is 60.6 Å². The molecule has 6 nitrogen and oxygen atoms in total. The minimum Gasteiger partial charge on any atom is -0.465 e. The van der Waals surface area contributed by atoms with Crippen LogP contribution in [-0.2, 0) is 14.3 Å². The van der Waals surface area contributed by atoms with Crippen molar-refractivity contribution >= 4 is 40.9 Å². The van der Waals surface area contributed by atoms with Crippen molar-refractivity contribution in [3.63, 3.8) is 0 Å². The maximum absolute atomic E-state index is 13.3. The lowest BCUT2D eigenvalue weighted by molar-refractivity contribution is -0.140. The zero-order chi connectivity index (χ0) is 23.8. The molecule has 2 aromatic carbocycles. The Labute approximate surface area is 202 Å². The molecule has 2 N–H and O–H groups in total. The van der Waals surface area contributed by atoms with Crippen LogP contribution in [0.1, 0.15) is 31.7 Å². The third-order valence-electron chi connectivity index (χ3n) is 4.93. The van der Waals surface area contributed by atoms with Crippen molar-refractivity contribution in [1.82, 2.24) is 5.32 Å².